The summed E-state index contributed by atoms with van der Waals surface area (Å²) in [5.41, 5.74) is 0.653. The van der Waals surface area contributed by atoms with E-state index in [1.54, 1.807) is 0 Å². The van der Waals surface area contributed by atoms with Gasteiger partial charge in [-0.05, 0) is 24.3 Å². The molecule has 2 rings (SSSR count). The zero-order valence-electron chi connectivity index (χ0n) is 8.23. The number of carboxylic acids is 1. The molecule has 1 aliphatic rings. The van der Waals surface area contributed by atoms with Crippen LogP contribution in [0.15, 0.2) is 30.3 Å². The largest absolute Gasteiger partial charge is 0.481 e. The highest BCUT2D eigenvalue weighted by atomic mass is 16.4. The molecule has 1 N–H and O–H groups in total. The Bertz CT molecular complexity index is 345. The summed E-state index contributed by atoms with van der Waals surface area (Å²) in [5, 5.41) is 9.14. The van der Waals surface area contributed by atoms with Crippen LogP contribution in [-0.2, 0) is 11.2 Å². The van der Waals surface area contributed by atoms with Gasteiger partial charge >= 0.3 is 5.97 Å². The van der Waals surface area contributed by atoms with E-state index in [4.69, 9.17) is 5.11 Å². The number of hydrogen-bond acceptors (Lipinski definition) is 1. The fraction of sp³-hybridized carbons (Fsp3) is 0.417. The van der Waals surface area contributed by atoms with E-state index in [1.165, 1.54) is 0 Å². The van der Waals surface area contributed by atoms with Gasteiger partial charge in [0.2, 0.25) is 0 Å². The fourth-order valence-electron chi connectivity index (χ4n) is 2.07. The van der Waals surface area contributed by atoms with Crippen molar-refractivity contribution in [2.24, 2.45) is 11.3 Å². The molecule has 1 saturated carbocycles. The third-order valence-electron chi connectivity index (χ3n) is 3.24. The first-order chi connectivity index (χ1) is 6.65. The average molecular weight is 190 g/mol. The summed E-state index contributed by atoms with van der Waals surface area (Å²) in [6, 6.07) is 9.86. The molecule has 1 aliphatic carbocycles. The van der Waals surface area contributed by atoms with Crippen LogP contribution in [-0.4, -0.2) is 11.1 Å². The molecule has 0 radical (unpaired) electrons. The Hall–Kier alpha value is -1.31. The van der Waals surface area contributed by atoms with Gasteiger partial charge in [-0.1, -0.05) is 37.3 Å². The van der Waals surface area contributed by atoms with Crippen molar-refractivity contribution in [3.05, 3.63) is 35.9 Å². The van der Waals surface area contributed by atoms with E-state index >= 15 is 0 Å². The highest BCUT2D eigenvalue weighted by molar-refractivity contribution is 5.79. The predicted octanol–water partition coefficient (Wildman–Crippen LogP) is 2.34. The summed E-state index contributed by atoms with van der Waals surface area (Å²) in [5.74, 6) is -0.325. The molecule has 0 bridgehead atoms. The van der Waals surface area contributed by atoms with Gasteiger partial charge in [0, 0.05) is 0 Å². The van der Waals surface area contributed by atoms with Crippen molar-refractivity contribution >= 4 is 5.97 Å². The fourth-order valence-corrected chi connectivity index (χ4v) is 2.07. The van der Waals surface area contributed by atoms with Crippen LogP contribution in [0, 0.1) is 11.3 Å². The van der Waals surface area contributed by atoms with Gasteiger partial charge in [0.1, 0.15) is 0 Å². The summed E-state index contributed by atoms with van der Waals surface area (Å²) in [6.07, 6.45) is 1.49. The summed E-state index contributed by atoms with van der Waals surface area (Å²) >= 11 is 0. The van der Waals surface area contributed by atoms with Crippen molar-refractivity contribution in [2.45, 2.75) is 19.8 Å². The van der Waals surface area contributed by atoms with Crippen molar-refractivity contribution in [1.82, 2.24) is 0 Å². The van der Waals surface area contributed by atoms with Crippen LogP contribution >= 0.6 is 0 Å². The maximum atomic E-state index is 11.1. The Kier molecular flexibility index (Phi) is 2.06. The predicted molar refractivity (Wildman–Crippen MR) is 54.0 cm³/mol. The zero-order chi connectivity index (χ0) is 10.2. The van der Waals surface area contributed by atoms with Crippen molar-refractivity contribution in [3.8, 4) is 0 Å². The molecule has 0 aliphatic heterocycles. The average Bonchev–Trinajstić information content (AvgIpc) is 2.80. The lowest BCUT2D eigenvalue weighted by atomic mass is 9.94. The molecule has 1 aromatic rings. The topological polar surface area (TPSA) is 37.3 Å². The second-order valence-corrected chi connectivity index (χ2v) is 4.23. The van der Waals surface area contributed by atoms with Gasteiger partial charge in [0.05, 0.1) is 5.41 Å². The molecule has 0 aromatic heterocycles. The molecule has 2 heteroatoms. The number of rotatable bonds is 3. The number of carbonyl (C=O) groups is 1. The standard InChI is InChI=1S/C12H14O2/c1-9-7-12(9,11(13)14)8-10-5-3-2-4-6-10/h2-6,9H,7-8H2,1H3,(H,13,14)/t9-,12+/m1/s1. The molecular weight excluding hydrogens is 176 g/mol. The molecule has 0 unspecified atom stereocenters. The Balaban J connectivity index is 2.15. The molecule has 1 fully saturated rings. The lowest BCUT2D eigenvalue weighted by Gasteiger charge is -2.10. The lowest BCUT2D eigenvalue weighted by Crippen LogP contribution is -2.19. The van der Waals surface area contributed by atoms with E-state index in [-0.39, 0.29) is 0 Å². The van der Waals surface area contributed by atoms with Gasteiger partial charge in [0.15, 0.2) is 0 Å². The molecule has 0 saturated heterocycles. The third kappa shape index (κ3) is 1.41. The van der Waals surface area contributed by atoms with Crippen LogP contribution in [0.4, 0.5) is 0 Å². The van der Waals surface area contributed by atoms with Crippen LogP contribution in [0.3, 0.4) is 0 Å². The van der Waals surface area contributed by atoms with E-state index in [0.29, 0.717) is 12.3 Å². The van der Waals surface area contributed by atoms with E-state index in [9.17, 15) is 4.79 Å². The normalized spacial score (nSPS) is 29.9. The maximum absolute atomic E-state index is 11.1. The molecule has 0 amide bonds. The van der Waals surface area contributed by atoms with Crippen molar-refractivity contribution in [1.29, 1.82) is 0 Å². The van der Waals surface area contributed by atoms with E-state index < -0.39 is 11.4 Å². The van der Waals surface area contributed by atoms with Crippen LogP contribution < -0.4 is 0 Å². The molecular formula is C12H14O2. The Labute approximate surface area is 83.6 Å². The molecule has 74 valence electrons. The number of aliphatic carboxylic acids is 1. The van der Waals surface area contributed by atoms with Crippen LogP contribution in [0.1, 0.15) is 18.9 Å². The highest BCUT2D eigenvalue weighted by Crippen LogP contribution is 2.54. The molecule has 1 aromatic carbocycles. The van der Waals surface area contributed by atoms with Crippen molar-refractivity contribution < 1.29 is 9.90 Å². The van der Waals surface area contributed by atoms with Gasteiger partial charge in [0.25, 0.3) is 0 Å². The minimum absolute atomic E-state index is 0.320. The van der Waals surface area contributed by atoms with E-state index in [0.717, 1.165) is 12.0 Å². The Morgan fingerprint density at radius 1 is 1.50 bits per heavy atom. The minimum Gasteiger partial charge on any atom is -0.481 e. The van der Waals surface area contributed by atoms with Gasteiger partial charge in [-0.2, -0.15) is 0 Å². The lowest BCUT2D eigenvalue weighted by molar-refractivity contribution is -0.143. The second kappa shape index (κ2) is 3.12. The SMILES string of the molecule is C[C@@H]1C[C@@]1(Cc1ccccc1)C(=O)O. The minimum atomic E-state index is -0.645. The number of benzene rings is 1. The van der Waals surface area contributed by atoms with E-state index in [1.807, 2.05) is 37.3 Å². The first-order valence-electron chi connectivity index (χ1n) is 4.92. The number of carboxylic acid groups (broad SMARTS) is 1. The van der Waals surface area contributed by atoms with Gasteiger partial charge in [-0.15, -0.1) is 0 Å². The smallest absolute Gasteiger partial charge is 0.310 e. The van der Waals surface area contributed by atoms with Gasteiger partial charge < -0.3 is 5.11 Å². The highest BCUT2D eigenvalue weighted by Gasteiger charge is 2.57. The van der Waals surface area contributed by atoms with Crippen LogP contribution in [0.25, 0.3) is 0 Å². The number of hydrogen-bond donors (Lipinski definition) is 1. The van der Waals surface area contributed by atoms with Gasteiger partial charge in [-0.3, -0.25) is 4.79 Å². The quantitative estimate of drug-likeness (QED) is 0.794. The molecule has 14 heavy (non-hydrogen) atoms. The monoisotopic (exact) mass is 190 g/mol. The molecule has 2 atom stereocenters. The van der Waals surface area contributed by atoms with E-state index in [2.05, 4.69) is 0 Å². The summed E-state index contributed by atoms with van der Waals surface area (Å²) in [6.45, 7) is 2.01. The summed E-state index contributed by atoms with van der Waals surface area (Å²) in [7, 11) is 0. The maximum Gasteiger partial charge on any atom is 0.310 e. The molecule has 0 spiro atoms. The Morgan fingerprint density at radius 2 is 2.07 bits per heavy atom. The first-order valence-corrected chi connectivity index (χ1v) is 4.92. The second-order valence-electron chi connectivity index (χ2n) is 4.23. The zero-order valence-corrected chi connectivity index (χ0v) is 8.23. The summed E-state index contributed by atoms with van der Waals surface area (Å²) < 4.78 is 0. The molecule has 0 heterocycles. The van der Waals surface area contributed by atoms with Crippen LogP contribution in [0.5, 0.6) is 0 Å². The van der Waals surface area contributed by atoms with Gasteiger partial charge in [-0.25, -0.2) is 0 Å². The molecule has 2 nitrogen and oxygen atoms in total. The Morgan fingerprint density at radius 3 is 2.50 bits per heavy atom. The summed E-state index contributed by atoms with van der Waals surface area (Å²) in [4.78, 5) is 11.1. The third-order valence-corrected chi connectivity index (χ3v) is 3.24. The van der Waals surface area contributed by atoms with Crippen LogP contribution in [0.2, 0.25) is 0 Å². The van der Waals surface area contributed by atoms with Crippen molar-refractivity contribution in [2.75, 3.05) is 0 Å². The first kappa shape index (κ1) is 9.25. The van der Waals surface area contributed by atoms with Crippen molar-refractivity contribution in [3.63, 3.8) is 0 Å².